The Morgan fingerprint density at radius 2 is 2.21 bits per heavy atom. The molecular weight excluding hydrogens is 174 g/mol. The van der Waals surface area contributed by atoms with Crippen molar-refractivity contribution in [3.05, 3.63) is 17.2 Å². The van der Waals surface area contributed by atoms with E-state index in [1.807, 2.05) is 0 Å². The molecule has 0 unspecified atom stereocenters. The Kier molecular flexibility index (Phi) is 3.70. The van der Waals surface area contributed by atoms with E-state index in [4.69, 9.17) is 5.26 Å². The van der Waals surface area contributed by atoms with Gasteiger partial charge >= 0.3 is 0 Å². The topological polar surface area (TPSA) is 52.5 Å². The maximum atomic E-state index is 8.88. The van der Waals surface area contributed by atoms with Gasteiger partial charge in [-0.2, -0.15) is 5.26 Å². The van der Waals surface area contributed by atoms with E-state index in [9.17, 15) is 0 Å². The van der Waals surface area contributed by atoms with Crippen LogP contribution in [0, 0.1) is 17.2 Å². The fourth-order valence-electron chi connectivity index (χ4n) is 1.47. The second-order valence-corrected chi connectivity index (χ2v) is 3.97. The molecule has 3 heteroatoms. The Morgan fingerprint density at radius 1 is 1.50 bits per heavy atom. The summed E-state index contributed by atoms with van der Waals surface area (Å²) in [7, 11) is 0. The molecule has 3 nitrogen and oxygen atoms in total. The molecule has 0 aliphatic carbocycles. The van der Waals surface area contributed by atoms with Crippen molar-refractivity contribution >= 4 is 0 Å². The fraction of sp³-hybridized carbons (Fsp3) is 0.636. The molecule has 0 amide bonds. The third-order valence-electron chi connectivity index (χ3n) is 2.03. The monoisotopic (exact) mass is 191 g/mol. The average molecular weight is 191 g/mol. The lowest BCUT2D eigenvalue weighted by molar-refractivity contribution is 0.635. The van der Waals surface area contributed by atoms with Crippen LogP contribution in [0.4, 0.5) is 0 Å². The number of nitrogens with zero attached hydrogens (tertiary/aromatic N) is 2. The molecular formula is C11H17N3. The summed E-state index contributed by atoms with van der Waals surface area (Å²) in [5.74, 6) is 1.50. The number of rotatable bonds is 4. The lowest BCUT2D eigenvalue weighted by Gasteiger charge is -2.00. The van der Waals surface area contributed by atoms with Gasteiger partial charge in [0.05, 0.1) is 5.69 Å². The Balaban J connectivity index is 2.86. The van der Waals surface area contributed by atoms with Gasteiger partial charge in [0.25, 0.3) is 0 Å². The number of aromatic amines is 1. The second-order valence-electron chi connectivity index (χ2n) is 3.97. The van der Waals surface area contributed by atoms with Crippen LogP contribution in [0.2, 0.25) is 0 Å². The van der Waals surface area contributed by atoms with Crippen molar-refractivity contribution in [2.75, 3.05) is 0 Å². The van der Waals surface area contributed by atoms with Gasteiger partial charge in [-0.25, -0.2) is 4.98 Å². The van der Waals surface area contributed by atoms with Gasteiger partial charge in [0.1, 0.15) is 11.9 Å². The van der Waals surface area contributed by atoms with Crippen molar-refractivity contribution in [3.8, 4) is 6.07 Å². The molecule has 1 aromatic rings. The van der Waals surface area contributed by atoms with E-state index in [0.29, 0.717) is 11.6 Å². The van der Waals surface area contributed by atoms with Gasteiger partial charge in [-0.3, -0.25) is 0 Å². The minimum absolute atomic E-state index is 0.553. The molecule has 1 N–H and O–H groups in total. The minimum Gasteiger partial charge on any atom is -0.345 e. The number of H-pyrrole nitrogens is 1. The minimum atomic E-state index is 0.553. The molecule has 0 aliphatic heterocycles. The summed E-state index contributed by atoms with van der Waals surface area (Å²) >= 11 is 0. The second kappa shape index (κ2) is 4.80. The first-order chi connectivity index (χ1) is 6.67. The zero-order valence-electron chi connectivity index (χ0n) is 9.09. The van der Waals surface area contributed by atoms with Crippen LogP contribution in [0.3, 0.4) is 0 Å². The average Bonchev–Trinajstić information content (AvgIpc) is 2.47. The first-order valence-electron chi connectivity index (χ1n) is 5.15. The van der Waals surface area contributed by atoms with Crippen molar-refractivity contribution in [1.82, 2.24) is 9.97 Å². The summed E-state index contributed by atoms with van der Waals surface area (Å²) in [6.07, 6.45) is 2.88. The zero-order chi connectivity index (χ0) is 10.6. The molecule has 0 spiro atoms. The third kappa shape index (κ3) is 2.59. The Hall–Kier alpha value is -1.30. The number of nitriles is 1. The smallest absolute Gasteiger partial charge is 0.161 e. The number of aromatic nitrogens is 2. The third-order valence-corrected chi connectivity index (χ3v) is 2.03. The predicted octanol–water partition coefficient (Wildman–Crippen LogP) is 2.43. The van der Waals surface area contributed by atoms with Gasteiger partial charge in [0.15, 0.2) is 5.69 Å². The van der Waals surface area contributed by atoms with Crippen LogP contribution >= 0.6 is 0 Å². The molecule has 0 bridgehead atoms. The van der Waals surface area contributed by atoms with Gasteiger partial charge < -0.3 is 4.98 Å². The van der Waals surface area contributed by atoms with Gasteiger partial charge in [-0.05, 0) is 18.8 Å². The lowest BCUT2D eigenvalue weighted by atomic mass is 10.1. The molecule has 1 heterocycles. The number of imidazole rings is 1. The van der Waals surface area contributed by atoms with Gasteiger partial charge in [-0.1, -0.05) is 20.8 Å². The number of nitrogens with one attached hydrogen (secondary N) is 1. The van der Waals surface area contributed by atoms with Crippen LogP contribution in [0.1, 0.15) is 44.4 Å². The number of aryl methyl sites for hydroxylation is 1. The van der Waals surface area contributed by atoms with E-state index in [-0.39, 0.29) is 0 Å². The molecule has 1 aromatic heterocycles. The molecule has 0 fully saturated rings. The van der Waals surface area contributed by atoms with Gasteiger partial charge in [-0.15, -0.1) is 0 Å². The van der Waals surface area contributed by atoms with Crippen molar-refractivity contribution in [2.45, 2.75) is 40.0 Å². The Bertz CT molecular complexity index is 331. The Morgan fingerprint density at radius 3 is 2.71 bits per heavy atom. The summed E-state index contributed by atoms with van der Waals surface area (Å²) in [5.41, 5.74) is 1.56. The molecule has 0 saturated carbocycles. The van der Waals surface area contributed by atoms with E-state index in [1.165, 1.54) is 0 Å². The quantitative estimate of drug-likeness (QED) is 0.794. The summed E-state index contributed by atoms with van der Waals surface area (Å²) in [6.45, 7) is 6.39. The van der Waals surface area contributed by atoms with E-state index in [0.717, 1.165) is 30.8 Å². The van der Waals surface area contributed by atoms with Crippen LogP contribution in [0.25, 0.3) is 0 Å². The highest BCUT2D eigenvalue weighted by atomic mass is 14.9. The van der Waals surface area contributed by atoms with Crippen molar-refractivity contribution in [2.24, 2.45) is 5.92 Å². The molecule has 76 valence electrons. The molecule has 1 rings (SSSR count). The molecule has 0 atom stereocenters. The summed E-state index contributed by atoms with van der Waals surface area (Å²) in [6, 6.07) is 2.14. The molecule has 14 heavy (non-hydrogen) atoms. The maximum Gasteiger partial charge on any atom is 0.161 e. The maximum absolute atomic E-state index is 8.88. The SMILES string of the molecule is CCCc1nc(C#N)c(CC(C)C)[nH]1. The standard InChI is InChI=1S/C11H17N3/c1-4-5-11-13-9(6-8(2)3)10(7-12)14-11/h8H,4-6H2,1-3H3,(H,13,14). The lowest BCUT2D eigenvalue weighted by Crippen LogP contribution is -1.96. The largest absolute Gasteiger partial charge is 0.345 e. The van der Waals surface area contributed by atoms with E-state index in [1.54, 1.807) is 0 Å². The van der Waals surface area contributed by atoms with Crippen molar-refractivity contribution < 1.29 is 0 Å². The zero-order valence-corrected chi connectivity index (χ0v) is 9.09. The van der Waals surface area contributed by atoms with Crippen molar-refractivity contribution in [3.63, 3.8) is 0 Å². The summed E-state index contributed by atoms with van der Waals surface area (Å²) in [4.78, 5) is 7.49. The van der Waals surface area contributed by atoms with Crippen LogP contribution in [-0.4, -0.2) is 9.97 Å². The fourth-order valence-corrected chi connectivity index (χ4v) is 1.47. The molecule has 0 saturated heterocycles. The van der Waals surface area contributed by atoms with E-state index in [2.05, 4.69) is 36.8 Å². The van der Waals surface area contributed by atoms with Crippen LogP contribution in [0.15, 0.2) is 0 Å². The number of hydrogen-bond donors (Lipinski definition) is 1. The molecule has 0 aromatic carbocycles. The van der Waals surface area contributed by atoms with Crippen LogP contribution in [0.5, 0.6) is 0 Å². The Labute approximate surface area is 85.2 Å². The molecule has 0 aliphatic rings. The molecule has 0 radical (unpaired) electrons. The predicted molar refractivity (Wildman–Crippen MR) is 55.8 cm³/mol. The summed E-state index contributed by atoms with van der Waals surface area (Å²) in [5, 5.41) is 8.88. The van der Waals surface area contributed by atoms with Crippen LogP contribution < -0.4 is 0 Å². The van der Waals surface area contributed by atoms with Gasteiger partial charge in [0, 0.05) is 6.42 Å². The first-order valence-corrected chi connectivity index (χ1v) is 5.15. The van der Waals surface area contributed by atoms with Gasteiger partial charge in [0.2, 0.25) is 0 Å². The van der Waals surface area contributed by atoms with Crippen molar-refractivity contribution in [1.29, 1.82) is 5.26 Å². The normalized spacial score (nSPS) is 10.5. The summed E-state index contributed by atoms with van der Waals surface area (Å²) < 4.78 is 0. The van der Waals surface area contributed by atoms with E-state index >= 15 is 0 Å². The highest BCUT2D eigenvalue weighted by molar-refractivity contribution is 5.27. The van der Waals surface area contributed by atoms with E-state index < -0.39 is 0 Å². The first kappa shape index (κ1) is 10.8. The van der Waals surface area contributed by atoms with Crippen LogP contribution in [-0.2, 0) is 12.8 Å². The number of hydrogen-bond acceptors (Lipinski definition) is 2. The highest BCUT2D eigenvalue weighted by Gasteiger charge is 2.10. The highest BCUT2D eigenvalue weighted by Crippen LogP contribution is 2.11.